The van der Waals surface area contributed by atoms with Crippen LogP contribution in [0.2, 0.25) is 0 Å². The molecule has 0 saturated heterocycles. The number of carbonyl (C=O) groups excluding carboxylic acids is 2. The van der Waals surface area contributed by atoms with Gasteiger partial charge < -0.3 is 10.2 Å². The second-order valence-corrected chi connectivity index (χ2v) is 13.2. The molecule has 0 saturated carbocycles. The highest BCUT2D eigenvalue weighted by Gasteiger charge is 2.35. The lowest BCUT2D eigenvalue weighted by Crippen LogP contribution is -2.54. The third-order valence-electron chi connectivity index (χ3n) is 7.27. The van der Waals surface area contributed by atoms with E-state index in [1.165, 1.54) is 35.2 Å². The van der Waals surface area contributed by atoms with Crippen molar-refractivity contribution in [2.45, 2.75) is 50.2 Å². The SMILES string of the molecule is CC[C@@H](C)NC(=O)[C@@H](Cc1ccccc1)N(Cc1ccc(Br)cc1)C(=O)CN(c1ccccc1F)S(=O)(=O)c1ccccc1. The first-order valence-electron chi connectivity index (χ1n) is 14.3. The Morgan fingerprint density at radius 2 is 1.43 bits per heavy atom. The summed E-state index contributed by atoms with van der Waals surface area (Å²) in [5.41, 5.74) is 1.30. The van der Waals surface area contributed by atoms with Gasteiger partial charge in [-0.3, -0.25) is 13.9 Å². The molecule has 2 atom stereocenters. The Balaban J connectivity index is 1.81. The molecule has 0 fully saturated rings. The van der Waals surface area contributed by atoms with Gasteiger partial charge in [0.15, 0.2) is 0 Å². The Kier molecular flexibility index (Phi) is 11.3. The average molecular weight is 681 g/mol. The van der Waals surface area contributed by atoms with Gasteiger partial charge in [0.2, 0.25) is 11.8 Å². The van der Waals surface area contributed by atoms with Crippen LogP contribution in [0, 0.1) is 5.82 Å². The van der Waals surface area contributed by atoms with Gasteiger partial charge in [-0.1, -0.05) is 95.7 Å². The van der Waals surface area contributed by atoms with Crippen LogP contribution in [0.4, 0.5) is 10.1 Å². The first kappa shape index (κ1) is 32.9. The lowest BCUT2D eigenvalue weighted by Gasteiger charge is -2.34. The number of rotatable bonds is 13. The maximum Gasteiger partial charge on any atom is 0.264 e. The van der Waals surface area contributed by atoms with E-state index in [9.17, 15) is 18.0 Å². The summed E-state index contributed by atoms with van der Waals surface area (Å²) in [5, 5.41) is 3.00. The molecule has 0 radical (unpaired) electrons. The zero-order valence-electron chi connectivity index (χ0n) is 24.6. The molecule has 0 bridgehead atoms. The van der Waals surface area contributed by atoms with Gasteiger partial charge in [0.25, 0.3) is 10.0 Å². The number of amides is 2. The predicted octanol–water partition coefficient (Wildman–Crippen LogP) is 6.34. The number of hydrogen-bond acceptors (Lipinski definition) is 4. The largest absolute Gasteiger partial charge is 0.352 e. The number of benzene rings is 4. The van der Waals surface area contributed by atoms with E-state index in [-0.39, 0.29) is 35.5 Å². The van der Waals surface area contributed by atoms with Crippen LogP contribution in [0.1, 0.15) is 31.4 Å². The third-order valence-corrected chi connectivity index (χ3v) is 9.57. The van der Waals surface area contributed by atoms with Crippen molar-refractivity contribution in [1.82, 2.24) is 10.2 Å². The predicted molar refractivity (Wildman–Crippen MR) is 174 cm³/mol. The Morgan fingerprint density at radius 1 is 0.841 bits per heavy atom. The van der Waals surface area contributed by atoms with Crippen molar-refractivity contribution in [2.75, 3.05) is 10.8 Å². The summed E-state index contributed by atoms with van der Waals surface area (Å²) >= 11 is 3.43. The molecule has 0 aliphatic rings. The van der Waals surface area contributed by atoms with E-state index in [0.717, 1.165) is 26.0 Å². The highest BCUT2D eigenvalue weighted by atomic mass is 79.9. The van der Waals surface area contributed by atoms with E-state index in [1.54, 1.807) is 18.2 Å². The van der Waals surface area contributed by atoms with Crippen molar-refractivity contribution < 1.29 is 22.4 Å². The molecule has 4 aromatic rings. The van der Waals surface area contributed by atoms with Crippen molar-refractivity contribution >= 4 is 43.5 Å². The number of hydrogen-bond donors (Lipinski definition) is 1. The number of halogens is 2. The molecule has 0 aromatic heterocycles. The Bertz CT molecular complexity index is 1660. The zero-order valence-corrected chi connectivity index (χ0v) is 27.0. The van der Waals surface area contributed by atoms with E-state index in [1.807, 2.05) is 68.4 Å². The summed E-state index contributed by atoms with van der Waals surface area (Å²) in [6.07, 6.45) is 0.872. The number of nitrogens with one attached hydrogen (secondary N) is 1. The van der Waals surface area contributed by atoms with Crippen LogP contribution < -0.4 is 9.62 Å². The van der Waals surface area contributed by atoms with Gasteiger partial charge in [0, 0.05) is 23.5 Å². The van der Waals surface area contributed by atoms with Gasteiger partial charge >= 0.3 is 0 Å². The lowest BCUT2D eigenvalue weighted by atomic mass is 10.0. The van der Waals surface area contributed by atoms with Crippen molar-refractivity contribution in [3.63, 3.8) is 0 Å². The van der Waals surface area contributed by atoms with Crippen molar-refractivity contribution in [1.29, 1.82) is 0 Å². The van der Waals surface area contributed by atoms with E-state index >= 15 is 4.39 Å². The van der Waals surface area contributed by atoms with E-state index in [0.29, 0.717) is 6.42 Å². The minimum Gasteiger partial charge on any atom is -0.352 e. The van der Waals surface area contributed by atoms with Crippen molar-refractivity contribution in [3.8, 4) is 0 Å². The summed E-state index contributed by atoms with van der Waals surface area (Å²) < 4.78 is 44.6. The Labute approximate surface area is 266 Å². The van der Waals surface area contributed by atoms with Crippen LogP contribution in [-0.2, 0) is 32.6 Å². The Hall–Kier alpha value is -4.02. The molecule has 0 heterocycles. The molecule has 0 aliphatic heterocycles. The minimum absolute atomic E-state index is 0.0219. The fraction of sp³-hybridized carbons (Fsp3) is 0.235. The molecule has 1 N–H and O–H groups in total. The van der Waals surface area contributed by atoms with Crippen LogP contribution >= 0.6 is 15.9 Å². The first-order chi connectivity index (χ1) is 21.1. The number of anilines is 1. The van der Waals surface area contributed by atoms with Gasteiger partial charge in [-0.15, -0.1) is 0 Å². The van der Waals surface area contributed by atoms with Gasteiger partial charge in [0.05, 0.1) is 10.6 Å². The van der Waals surface area contributed by atoms with E-state index in [2.05, 4.69) is 21.2 Å². The number of carbonyl (C=O) groups is 2. The molecule has 7 nitrogen and oxygen atoms in total. The molecule has 10 heteroatoms. The zero-order chi connectivity index (χ0) is 31.7. The summed E-state index contributed by atoms with van der Waals surface area (Å²) in [4.78, 5) is 29.5. The standard InChI is InChI=1S/C34H35BrFN3O4S/c1-3-25(2)37-34(41)32(22-26-12-6-4-7-13-26)38(23-27-18-20-28(35)21-19-27)33(40)24-39(31-17-11-10-16-30(31)36)44(42,43)29-14-8-5-9-15-29/h4-21,25,32H,3,22-24H2,1-2H3,(H,37,41)/t25-,32-/m1/s1. The first-order valence-corrected chi connectivity index (χ1v) is 16.5. The quantitative estimate of drug-likeness (QED) is 0.179. The summed E-state index contributed by atoms with van der Waals surface area (Å²) in [7, 11) is -4.37. The monoisotopic (exact) mass is 679 g/mol. The third kappa shape index (κ3) is 8.33. The topological polar surface area (TPSA) is 86.8 Å². The van der Waals surface area contributed by atoms with Crippen LogP contribution in [0.3, 0.4) is 0 Å². The second-order valence-electron chi connectivity index (χ2n) is 10.4. The number of para-hydroxylation sites is 1. The summed E-state index contributed by atoms with van der Waals surface area (Å²) in [6, 6.07) is 28.5. The molecule has 230 valence electrons. The molecule has 0 aliphatic carbocycles. The maximum atomic E-state index is 15.2. The average Bonchev–Trinajstić information content (AvgIpc) is 3.03. The van der Waals surface area contributed by atoms with Gasteiger partial charge in [-0.2, -0.15) is 0 Å². The van der Waals surface area contributed by atoms with E-state index in [4.69, 9.17) is 0 Å². The molecule has 4 rings (SSSR count). The molecule has 0 spiro atoms. The minimum atomic E-state index is -4.37. The van der Waals surface area contributed by atoms with E-state index < -0.39 is 34.3 Å². The van der Waals surface area contributed by atoms with Gasteiger partial charge in [-0.25, -0.2) is 12.8 Å². The molecule has 4 aromatic carbocycles. The molecule has 44 heavy (non-hydrogen) atoms. The summed E-state index contributed by atoms with van der Waals surface area (Å²) in [6.45, 7) is 3.12. The normalized spacial score (nSPS) is 12.6. The lowest BCUT2D eigenvalue weighted by molar-refractivity contribution is -0.140. The van der Waals surface area contributed by atoms with Crippen molar-refractivity contribution in [2.24, 2.45) is 0 Å². The fourth-order valence-electron chi connectivity index (χ4n) is 4.67. The van der Waals surface area contributed by atoms with Crippen LogP contribution in [0.15, 0.2) is 119 Å². The molecular weight excluding hydrogens is 645 g/mol. The smallest absolute Gasteiger partial charge is 0.264 e. The fourth-order valence-corrected chi connectivity index (χ4v) is 6.38. The van der Waals surface area contributed by atoms with Gasteiger partial charge in [0.1, 0.15) is 18.4 Å². The molecule has 0 unspecified atom stereocenters. The highest BCUT2D eigenvalue weighted by Crippen LogP contribution is 2.27. The van der Waals surface area contributed by atoms with Crippen LogP contribution in [0.5, 0.6) is 0 Å². The van der Waals surface area contributed by atoms with Gasteiger partial charge in [-0.05, 0) is 60.9 Å². The van der Waals surface area contributed by atoms with Crippen molar-refractivity contribution in [3.05, 3.63) is 131 Å². The molecular formula is C34H35BrFN3O4S. The Morgan fingerprint density at radius 3 is 2.05 bits per heavy atom. The number of sulfonamides is 1. The van der Waals surface area contributed by atoms with Crippen LogP contribution in [-0.4, -0.2) is 43.8 Å². The maximum absolute atomic E-state index is 15.2. The number of nitrogens with zero attached hydrogens (tertiary/aromatic N) is 2. The van der Waals surface area contributed by atoms with Crippen LogP contribution in [0.25, 0.3) is 0 Å². The second kappa shape index (κ2) is 15.1. The molecule has 2 amide bonds. The summed E-state index contributed by atoms with van der Waals surface area (Å²) in [5.74, 6) is -1.82. The highest BCUT2D eigenvalue weighted by molar-refractivity contribution is 9.10.